The molecule has 0 aliphatic heterocycles. The van der Waals surface area contributed by atoms with Gasteiger partial charge in [0.1, 0.15) is 0 Å². The van der Waals surface area contributed by atoms with Gasteiger partial charge in [-0.25, -0.2) is 0 Å². The first kappa shape index (κ1) is 22.7. The van der Waals surface area contributed by atoms with Crippen LogP contribution in [0.2, 0.25) is 0 Å². The lowest BCUT2D eigenvalue weighted by Crippen LogP contribution is -2.37. The van der Waals surface area contributed by atoms with Crippen molar-refractivity contribution in [1.82, 2.24) is 4.90 Å². The lowest BCUT2D eigenvalue weighted by atomic mass is 10.1. The maximum atomic E-state index is 10.4. The molecule has 0 saturated carbocycles. The van der Waals surface area contributed by atoms with Crippen LogP contribution in [0, 0.1) is 5.92 Å². The Kier molecular flexibility index (Phi) is 9.41. The zero-order valence-corrected chi connectivity index (χ0v) is 17.5. The molecule has 1 aromatic rings. The summed E-state index contributed by atoms with van der Waals surface area (Å²) >= 11 is 0. The number of rotatable bonds is 11. The number of aliphatic hydroxyl groups is 1. The first-order valence-corrected chi connectivity index (χ1v) is 9.40. The Morgan fingerprint density at radius 2 is 1.81 bits per heavy atom. The number of aliphatic hydroxyl groups excluding tert-OH is 1. The number of nitrogens with zero attached hydrogens (tertiary/aromatic N) is 1. The van der Waals surface area contributed by atoms with E-state index >= 15 is 0 Å². The molecule has 1 unspecified atom stereocenters. The molecule has 0 aromatic heterocycles. The molecule has 0 radical (unpaired) electrons. The summed E-state index contributed by atoms with van der Waals surface area (Å²) in [6.45, 7) is 12.9. The van der Waals surface area contributed by atoms with Crippen molar-refractivity contribution in [2.24, 2.45) is 5.92 Å². The van der Waals surface area contributed by atoms with E-state index in [1.54, 1.807) is 14.2 Å². The average molecular weight is 368 g/mol. The van der Waals surface area contributed by atoms with Crippen molar-refractivity contribution in [2.75, 3.05) is 33.9 Å². The largest absolute Gasteiger partial charge is 0.493 e. The SMILES string of the molecule is COc1cccc(CN(CCC(C)C)CC(O)COC(C)(C)C)c1OC. The summed E-state index contributed by atoms with van der Waals surface area (Å²) in [5.41, 5.74) is 0.805. The first-order valence-electron chi connectivity index (χ1n) is 9.40. The molecule has 1 atom stereocenters. The number of para-hydroxylation sites is 1. The van der Waals surface area contributed by atoms with Crippen molar-refractivity contribution >= 4 is 0 Å². The summed E-state index contributed by atoms with van der Waals surface area (Å²) in [4.78, 5) is 2.26. The highest BCUT2D eigenvalue weighted by Gasteiger charge is 2.19. The van der Waals surface area contributed by atoms with Gasteiger partial charge in [-0.2, -0.15) is 0 Å². The van der Waals surface area contributed by atoms with E-state index in [0.717, 1.165) is 30.0 Å². The molecule has 0 spiro atoms. The van der Waals surface area contributed by atoms with Gasteiger partial charge in [0.2, 0.25) is 0 Å². The van der Waals surface area contributed by atoms with Crippen molar-refractivity contribution in [3.63, 3.8) is 0 Å². The van der Waals surface area contributed by atoms with Crippen LogP contribution in [0.5, 0.6) is 11.5 Å². The molecule has 0 fully saturated rings. The second-order valence-corrected chi connectivity index (χ2v) is 8.15. The summed E-state index contributed by atoms with van der Waals surface area (Å²) in [6, 6.07) is 5.91. The molecule has 0 aliphatic carbocycles. The van der Waals surface area contributed by atoms with Crippen LogP contribution < -0.4 is 9.47 Å². The van der Waals surface area contributed by atoms with E-state index in [1.807, 2.05) is 39.0 Å². The van der Waals surface area contributed by atoms with Gasteiger partial charge in [-0.1, -0.05) is 26.0 Å². The molecule has 0 heterocycles. The number of methoxy groups -OCH3 is 2. The summed E-state index contributed by atoms with van der Waals surface area (Å²) < 4.78 is 16.7. The van der Waals surface area contributed by atoms with E-state index in [2.05, 4.69) is 18.7 Å². The minimum atomic E-state index is -0.530. The predicted molar refractivity (Wildman–Crippen MR) is 106 cm³/mol. The molecule has 0 bridgehead atoms. The van der Waals surface area contributed by atoms with Crippen LogP contribution in [-0.2, 0) is 11.3 Å². The van der Waals surface area contributed by atoms with Gasteiger partial charge in [0, 0.05) is 18.7 Å². The Hall–Kier alpha value is -1.30. The predicted octanol–water partition coefficient (Wildman–Crippen LogP) is 3.73. The summed E-state index contributed by atoms with van der Waals surface area (Å²) in [6.07, 6.45) is 0.539. The van der Waals surface area contributed by atoms with E-state index in [1.165, 1.54) is 0 Å². The van der Waals surface area contributed by atoms with Gasteiger partial charge in [-0.15, -0.1) is 0 Å². The van der Waals surface area contributed by atoms with Crippen LogP contribution in [-0.4, -0.2) is 55.6 Å². The fourth-order valence-corrected chi connectivity index (χ4v) is 2.69. The van der Waals surface area contributed by atoms with Gasteiger partial charge >= 0.3 is 0 Å². The van der Waals surface area contributed by atoms with Gasteiger partial charge in [-0.3, -0.25) is 4.90 Å². The zero-order chi connectivity index (χ0) is 19.7. The summed E-state index contributed by atoms with van der Waals surface area (Å²) in [5.74, 6) is 2.09. The fourth-order valence-electron chi connectivity index (χ4n) is 2.69. The van der Waals surface area contributed by atoms with Crippen molar-refractivity contribution in [2.45, 2.75) is 59.3 Å². The van der Waals surface area contributed by atoms with Crippen LogP contribution >= 0.6 is 0 Å². The smallest absolute Gasteiger partial charge is 0.165 e. The Balaban J connectivity index is 2.83. The molecule has 26 heavy (non-hydrogen) atoms. The number of hydrogen-bond donors (Lipinski definition) is 1. The van der Waals surface area contributed by atoms with Gasteiger partial charge in [0.15, 0.2) is 11.5 Å². The third kappa shape index (κ3) is 8.39. The van der Waals surface area contributed by atoms with Crippen molar-refractivity contribution < 1.29 is 19.3 Å². The second-order valence-electron chi connectivity index (χ2n) is 8.15. The quantitative estimate of drug-likeness (QED) is 0.646. The Bertz CT molecular complexity index is 525. The molecule has 0 aliphatic rings. The van der Waals surface area contributed by atoms with Crippen molar-refractivity contribution in [1.29, 1.82) is 0 Å². The van der Waals surface area contributed by atoms with Gasteiger partial charge in [0.25, 0.3) is 0 Å². The monoisotopic (exact) mass is 367 g/mol. The molecular formula is C21H37NO4. The number of ether oxygens (including phenoxy) is 3. The maximum Gasteiger partial charge on any atom is 0.165 e. The average Bonchev–Trinajstić information content (AvgIpc) is 2.56. The highest BCUT2D eigenvalue weighted by molar-refractivity contribution is 5.46. The molecule has 5 nitrogen and oxygen atoms in total. The van der Waals surface area contributed by atoms with Crippen LogP contribution in [0.3, 0.4) is 0 Å². The summed E-state index contributed by atoms with van der Waals surface area (Å²) in [7, 11) is 3.30. The molecule has 5 heteroatoms. The normalized spacial score (nSPS) is 13.3. The lowest BCUT2D eigenvalue weighted by Gasteiger charge is -2.28. The molecule has 150 valence electrons. The minimum absolute atomic E-state index is 0.250. The second kappa shape index (κ2) is 10.8. The summed E-state index contributed by atoms with van der Waals surface area (Å²) in [5, 5.41) is 10.4. The maximum absolute atomic E-state index is 10.4. The minimum Gasteiger partial charge on any atom is -0.493 e. The third-order valence-corrected chi connectivity index (χ3v) is 4.08. The zero-order valence-electron chi connectivity index (χ0n) is 17.5. The van der Waals surface area contributed by atoms with Crippen molar-refractivity contribution in [3.8, 4) is 11.5 Å². The number of hydrogen-bond acceptors (Lipinski definition) is 5. The van der Waals surface area contributed by atoms with Crippen LogP contribution in [0.1, 0.15) is 46.6 Å². The van der Waals surface area contributed by atoms with Crippen LogP contribution in [0.4, 0.5) is 0 Å². The van der Waals surface area contributed by atoms with Crippen molar-refractivity contribution in [3.05, 3.63) is 23.8 Å². The molecule has 1 rings (SSSR count). The molecular weight excluding hydrogens is 330 g/mol. The Morgan fingerprint density at radius 1 is 1.12 bits per heavy atom. The molecule has 0 amide bonds. The van der Waals surface area contributed by atoms with Gasteiger partial charge in [0.05, 0.1) is 32.5 Å². The van der Waals surface area contributed by atoms with E-state index in [0.29, 0.717) is 25.6 Å². The topological polar surface area (TPSA) is 51.2 Å². The first-order chi connectivity index (χ1) is 12.2. The molecule has 0 saturated heterocycles. The molecule has 1 N–H and O–H groups in total. The van der Waals surface area contributed by atoms with Crippen LogP contribution in [0.25, 0.3) is 0 Å². The fraction of sp³-hybridized carbons (Fsp3) is 0.714. The molecule has 1 aromatic carbocycles. The number of benzene rings is 1. The highest BCUT2D eigenvalue weighted by Crippen LogP contribution is 2.31. The lowest BCUT2D eigenvalue weighted by molar-refractivity contribution is -0.0569. The van der Waals surface area contributed by atoms with E-state index in [9.17, 15) is 5.11 Å². The standard InChI is InChI=1S/C21H37NO4/c1-16(2)11-12-22(14-18(23)15-26-21(3,4)5)13-17-9-8-10-19(24-6)20(17)25-7/h8-10,16,18,23H,11-15H2,1-7H3. The highest BCUT2D eigenvalue weighted by atomic mass is 16.5. The van der Waals surface area contributed by atoms with E-state index in [4.69, 9.17) is 14.2 Å². The van der Waals surface area contributed by atoms with E-state index in [-0.39, 0.29) is 5.60 Å². The Labute approximate surface area is 159 Å². The van der Waals surface area contributed by atoms with Gasteiger partial charge in [-0.05, 0) is 45.7 Å². The van der Waals surface area contributed by atoms with E-state index < -0.39 is 6.10 Å². The van der Waals surface area contributed by atoms with Crippen LogP contribution in [0.15, 0.2) is 18.2 Å². The Morgan fingerprint density at radius 3 is 2.35 bits per heavy atom. The third-order valence-electron chi connectivity index (χ3n) is 4.08. The van der Waals surface area contributed by atoms with Gasteiger partial charge < -0.3 is 19.3 Å².